The van der Waals surface area contributed by atoms with Gasteiger partial charge in [0.1, 0.15) is 11.1 Å². The van der Waals surface area contributed by atoms with Gasteiger partial charge >= 0.3 is 0 Å². The lowest BCUT2D eigenvalue weighted by Crippen LogP contribution is -2.19. The summed E-state index contributed by atoms with van der Waals surface area (Å²) < 4.78 is 1.29. The molecule has 6 nitrogen and oxygen atoms in total. The molecule has 114 valence electrons. The zero-order valence-electron chi connectivity index (χ0n) is 12.3. The lowest BCUT2D eigenvalue weighted by Gasteiger charge is -2.06. The van der Waals surface area contributed by atoms with Crippen molar-refractivity contribution in [3.05, 3.63) is 68.7 Å². The van der Waals surface area contributed by atoms with Crippen molar-refractivity contribution in [2.75, 3.05) is 0 Å². The average Bonchev–Trinajstić information content (AvgIpc) is 2.88. The van der Waals surface area contributed by atoms with E-state index in [0.717, 1.165) is 10.9 Å². The molecule has 0 saturated carbocycles. The van der Waals surface area contributed by atoms with E-state index in [0.29, 0.717) is 16.7 Å². The van der Waals surface area contributed by atoms with Crippen LogP contribution >= 0.6 is 0 Å². The van der Waals surface area contributed by atoms with Crippen LogP contribution in [0.15, 0.2) is 52.1 Å². The minimum Gasteiger partial charge on any atom is -0.508 e. The highest BCUT2D eigenvalue weighted by molar-refractivity contribution is 6.02. The van der Waals surface area contributed by atoms with Crippen LogP contribution in [-0.2, 0) is 0 Å². The third-order valence-electron chi connectivity index (χ3n) is 4.00. The maximum atomic E-state index is 12.7. The van der Waals surface area contributed by atoms with Crippen molar-refractivity contribution < 1.29 is 5.11 Å². The number of nitrogens with one attached hydrogen (secondary N) is 2. The van der Waals surface area contributed by atoms with Gasteiger partial charge in [0.05, 0.1) is 16.7 Å². The first-order valence-corrected chi connectivity index (χ1v) is 7.12. The Morgan fingerprint density at radius 2 is 1.87 bits per heavy atom. The van der Waals surface area contributed by atoms with Crippen LogP contribution in [0.3, 0.4) is 0 Å². The molecular formula is C17H13N3O3. The third-order valence-corrected chi connectivity index (χ3v) is 4.00. The standard InChI is InChI=1S/C17H13N3O3/c1-9-6-7-10(21)8-13(9)20-17(23)14-15(19-20)11-4-2-3-5-12(11)18-16(14)22/h2-8,19,21H,1H3,(H,18,22). The van der Waals surface area contributed by atoms with Crippen LogP contribution < -0.4 is 11.1 Å². The van der Waals surface area contributed by atoms with Crippen LogP contribution in [0.25, 0.3) is 27.5 Å². The second-order valence-electron chi connectivity index (χ2n) is 5.47. The second-order valence-corrected chi connectivity index (χ2v) is 5.47. The van der Waals surface area contributed by atoms with E-state index in [1.807, 2.05) is 25.1 Å². The summed E-state index contributed by atoms with van der Waals surface area (Å²) in [5.74, 6) is 0.0509. The summed E-state index contributed by atoms with van der Waals surface area (Å²) >= 11 is 0. The molecule has 0 aliphatic heterocycles. The molecular weight excluding hydrogens is 294 g/mol. The Balaban J connectivity index is 2.19. The summed E-state index contributed by atoms with van der Waals surface area (Å²) in [6, 6.07) is 12.0. The molecule has 0 atom stereocenters. The van der Waals surface area contributed by atoms with E-state index >= 15 is 0 Å². The van der Waals surface area contributed by atoms with Gasteiger partial charge in [0.15, 0.2) is 0 Å². The highest BCUT2D eigenvalue weighted by Crippen LogP contribution is 2.21. The van der Waals surface area contributed by atoms with Crippen LogP contribution in [-0.4, -0.2) is 19.9 Å². The molecule has 0 aliphatic carbocycles. The highest BCUT2D eigenvalue weighted by atomic mass is 16.3. The molecule has 3 N–H and O–H groups in total. The van der Waals surface area contributed by atoms with E-state index in [4.69, 9.17) is 0 Å². The maximum absolute atomic E-state index is 12.7. The maximum Gasteiger partial charge on any atom is 0.284 e. The topological polar surface area (TPSA) is 90.9 Å². The van der Waals surface area contributed by atoms with Crippen molar-refractivity contribution in [3.63, 3.8) is 0 Å². The lowest BCUT2D eigenvalue weighted by molar-refractivity contribution is 0.474. The molecule has 0 spiro atoms. The van der Waals surface area contributed by atoms with E-state index in [2.05, 4.69) is 10.1 Å². The Labute approximate surface area is 129 Å². The van der Waals surface area contributed by atoms with Crippen molar-refractivity contribution in [2.45, 2.75) is 6.92 Å². The van der Waals surface area contributed by atoms with Crippen molar-refractivity contribution >= 4 is 21.8 Å². The predicted octanol–water partition coefficient (Wildman–Crippen LogP) is 2.17. The largest absolute Gasteiger partial charge is 0.508 e. The van der Waals surface area contributed by atoms with Gasteiger partial charge in [-0.05, 0) is 24.6 Å². The van der Waals surface area contributed by atoms with Gasteiger partial charge in [-0.15, -0.1) is 0 Å². The molecule has 23 heavy (non-hydrogen) atoms. The fourth-order valence-electron chi connectivity index (χ4n) is 2.85. The first-order chi connectivity index (χ1) is 11.1. The van der Waals surface area contributed by atoms with Crippen LogP contribution in [0.4, 0.5) is 0 Å². The molecule has 0 aliphatic rings. The number of hydrogen-bond donors (Lipinski definition) is 3. The molecule has 2 aromatic carbocycles. The highest BCUT2D eigenvalue weighted by Gasteiger charge is 2.16. The lowest BCUT2D eigenvalue weighted by atomic mass is 10.2. The van der Waals surface area contributed by atoms with Gasteiger partial charge in [-0.1, -0.05) is 24.3 Å². The fourth-order valence-corrected chi connectivity index (χ4v) is 2.85. The van der Waals surface area contributed by atoms with Gasteiger partial charge in [-0.2, -0.15) is 0 Å². The Morgan fingerprint density at radius 3 is 2.70 bits per heavy atom. The number of phenolic OH excluding ortho intramolecular Hbond substituents is 1. The number of aromatic amines is 2. The van der Waals surface area contributed by atoms with Crippen LogP contribution in [0.5, 0.6) is 5.75 Å². The van der Waals surface area contributed by atoms with Gasteiger partial charge in [0, 0.05) is 11.5 Å². The Morgan fingerprint density at radius 1 is 1.09 bits per heavy atom. The first-order valence-electron chi connectivity index (χ1n) is 7.12. The summed E-state index contributed by atoms with van der Waals surface area (Å²) in [5, 5.41) is 13.5. The predicted molar refractivity (Wildman–Crippen MR) is 88.4 cm³/mol. The van der Waals surface area contributed by atoms with E-state index in [1.54, 1.807) is 18.2 Å². The molecule has 0 unspecified atom stereocenters. The minimum absolute atomic E-state index is 0.0509. The zero-order valence-corrected chi connectivity index (χ0v) is 12.3. The number of H-pyrrole nitrogens is 2. The molecule has 0 fully saturated rings. The number of nitrogens with zero attached hydrogens (tertiary/aromatic N) is 1. The minimum atomic E-state index is -0.444. The van der Waals surface area contributed by atoms with Crippen LogP contribution in [0.2, 0.25) is 0 Å². The van der Waals surface area contributed by atoms with Crippen molar-refractivity contribution in [1.82, 2.24) is 14.8 Å². The van der Waals surface area contributed by atoms with E-state index < -0.39 is 11.1 Å². The van der Waals surface area contributed by atoms with Crippen molar-refractivity contribution in [1.29, 1.82) is 0 Å². The molecule has 2 heterocycles. The number of para-hydroxylation sites is 1. The van der Waals surface area contributed by atoms with E-state index in [1.165, 1.54) is 10.7 Å². The molecule has 0 radical (unpaired) electrons. The number of pyridine rings is 1. The average molecular weight is 307 g/mol. The Bertz CT molecular complexity index is 1180. The summed E-state index contributed by atoms with van der Waals surface area (Å²) in [6.45, 7) is 1.83. The third kappa shape index (κ3) is 1.88. The van der Waals surface area contributed by atoms with E-state index in [-0.39, 0.29) is 11.1 Å². The SMILES string of the molecule is Cc1ccc(O)cc1-n1[nH]c2c(c(=O)[nH]c3ccccc32)c1=O. The number of fused-ring (bicyclic) bond motifs is 3. The van der Waals surface area contributed by atoms with Crippen molar-refractivity contribution in [2.24, 2.45) is 0 Å². The fraction of sp³-hybridized carbons (Fsp3) is 0.0588. The number of aryl methyl sites for hydroxylation is 1. The van der Waals surface area contributed by atoms with Gasteiger partial charge in [-0.3, -0.25) is 14.7 Å². The Hall–Kier alpha value is -3.28. The number of phenols is 1. The summed E-state index contributed by atoms with van der Waals surface area (Å²) in [6.07, 6.45) is 0. The molecule has 0 saturated heterocycles. The smallest absolute Gasteiger partial charge is 0.284 e. The number of benzene rings is 2. The number of rotatable bonds is 1. The van der Waals surface area contributed by atoms with Crippen LogP contribution in [0.1, 0.15) is 5.56 Å². The normalized spacial score (nSPS) is 11.3. The summed E-state index contributed by atoms with van der Waals surface area (Å²) in [4.78, 5) is 27.7. The summed E-state index contributed by atoms with van der Waals surface area (Å²) in [7, 11) is 0. The number of hydrogen-bond acceptors (Lipinski definition) is 3. The Kier molecular flexibility index (Phi) is 2.68. The molecule has 0 amide bonds. The zero-order chi connectivity index (χ0) is 16.1. The number of aromatic nitrogens is 3. The first kappa shape index (κ1) is 13.4. The van der Waals surface area contributed by atoms with Crippen molar-refractivity contribution in [3.8, 4) is 11.4 Å². The number of aromatic hydroxyl groups is 1. The van der Waals surface area contributed by atoms with Gasteiger partial charge < -0.3 is 10.1 Å². The molecule has 4 rings (SSSR count). The summed E-state index contributed by atoms with van der Waals surface area (Å²) in [5.41, 5.74) is 1.58. The van der Waals surface area contributed by atoms with Crippen LogP contribution in [0, 0.1) is 6.92 Å². The second kappa shape index (κ2) is 4.61. The van der Waals surface area contributed by atoms with Gasteiger partial charge in [0.25, 0.3) is 11.1 Å². The molecule has 6 heteroatoms. The molecule has 0 bridgehead atoms. The van der Waals surface area contributed by atoms with Gasteiger partial charge in [0.2, 0.25) is 0 Å². The molecule has 2 aromatic heterocycles. The monoisotopic (exact) mass is 307 g/mol. The van der Waals surface area contributed by atoms with E-state index in [9.17, 15) is 14.7 Å². The molecule has 4 aromatic rings. The van der Waals surface area contributed by atoms with Gasteiger partial charge in [-0.25, -0.2) is 4.68 Å². The quantitative estimate of drug-likeness (QED) is 0.503.